The van der Waals surface area contributed by atoms with Gasteiger partial charge in [-0.05, 0) is 37.5 Å². The lowest BCUT2D eigenvalue weighted by Gasteiger charge is -2.13. The van der Waals surface area contributed by atoms with E-state index < -0.39 is 6.10 Å². The number of hydrogen-bond donors (Lipinski definition) is 2. The summed E-state index contributed by atoms with van der Waals surface area (Å²) in [6.07, 6.45) is 1.16. The highest BCUT2D eigenvalue weighted by Gasteiger charge is 2.23. The Bertz CT molecular complexity index is 524. The molecule has 1 aliphatic heterocycles. The van der Waals surface area contributed by atoms with Gasteiger partial charge < -0.3 is 20.1 Å². The number of ether oxygens (including phenoxy) is 2. The molecule has 1 aromatic carbocycles. The van der Waals surface area contributed by atoms with Gasteiger partial charge in [-0.3, -0.25) is 9.59 Å². The summed E-state index contributed by atoms with van der Waals surface area (Å²) in [6, 6.07) is 5.50. The zero-order chi connectivity index (χ0) is 15.2. The largest absolute Gasteiger partial charge is 0.495 e. The molecule has 0 radical (unpaired) electrons. The second-order valence-corrected chi connectivity index (χ2v) is 4.97. The molecule has 1 fully saturated rings. The van der Waals surface area contributed by atoms with Crippen molar-refractivity contribution in [2.45, 2.75) is 25.9 Å². The molecule has 114 valence electrons. The molecule has 2 rings (SSSR count). The summed E-state index contributed by atoms with van der Waals surface area (Å²) in [5.41, 5.74) is 1.60. The molecule has 1 aromatic rings. The van der Waals surface area contributed by atoms with Crippen molar-refractivity contribution in [3.8, 4) is 5.75 Å². The van der Waals surface area contributed by atoms with Crippen molar-refractivity contribution in [2.75, 3.05) is 25.6 Å². The minimum absolute atomic E-state index is 0.0875. The second-order valence-electron chi connectivity index (χ2n) is 4.97. The smallest absolute Gasteiger partial charge is 0.249 e. The van der Waals surface area contributed by atoms with Gasteiger partial charge in [0.15, 0.2) is 0 Å². The molecule has 0 bridgehead atoms. The van der Waals surface area contributed by atoms with Crippen LogP contribution in [0, 0.1) is 6.92 Å². The number of nitrogens with one attached hydrogen (secondary N) is 2. The van der Waals surface area contributed by atoms with E-state index in [1.807, 2.05) is 19.1 Å². The number of methoxy groups -OCH3 is 1. The van der Waals surface area contributed by atoms with Gasteiger partial charge in [0.05, 0.1) is 19.3 Å². The van der Waals surface area contributed by atoms with Gasteiger partial charge in [0.25, 0.3) is 0 Å². The summed E-state index contributed by atoms with van der Waals surface area (Å²) in [4.78, 5) is 23.6. The van der Waals surface area contributed by atoms with E-state index in [0.29, 0.717) is 24.5 Å². The van der Waals surface area contributed by atoms with Gasteiger partial charge >= 0.3 is 0 Å². The van der Waals surface area contributed by atoms with E-state index in [-0.39, 0.29) is 18.4 Å². The van der Waals surface area contributed by atoms with E-state index >= 15 is 0 Å². The molecule has 0 aliphatic carbocycles. The lowest BCUT2D eigenvalue weighted by atomic mass is 10.2. The summed E-state index contributed by atoms with van der Waals surface area (Å²) in [6.45, 7) is 2.44. The molecule has 6 nitrogen and oxygen atoms in total. The highest BCUT2D eigenvalue weighted by atomic mass is 16.5. The molecule has 0 aromatic heterocycles. The monoisotopic (exact) mass is 292 g/mol. The van der Waals surface area contributed by atoms with Crippen molar-refractivity contribution in [3.05, 3.63) is 23.8 Å². The van der Waals surface area contributed by atoms with Crippen molar-refractivity contribution in [1.82, 2.24) is 5.32 Å². The number of amides is 2. The Labute approximate surface area is 123 Å². The predicted molar refractivity (Wildman–Crippen MR) is 78.3 cm³/mol. The molecule has 2 amide bonds. The van der Waals surface area contributed by atoms with Crippen LogP contribution in [0.15, 0.2) is 18.2 Å². The van der Waals surface area contributed by atoms with Crippen LogP contribution in [0.2, 0.25) is 0 Å². The average molecular weight is 292 g/mol. The Morgan fingerprint density at radius 2 is 2.24 bits per heavy atom. The standard InChI is InChI=1S/C15H20N2O4/c1-10-5-6-12(20-2)11(8-10)17-14(18)9-16-15(19)13-4-3-7-21-13/h5-6,8,13H,3-4,7,9H2,1-2H3,(H,16,19)(H,17,18). The first-order chi connectivity index (χ1) is 10.1. The first kappa shape index (κ1) is 15.3. The van der Waals surface area contributed by atoms with Crippen molar-refractivity contribution < 1.29 is 19.1 Å². The van der Waals surface area contributed by atoms with Crippen LogP contribution in [0.1, 0.15) is 18.4 Å². The summed E-state index contributed by atoms with van der Waals surface area (Å²) < 4.78 is 10.4. The maximum atomic E-state index is 11.9. The second kappa shape index (κ2) is 7.08. The normalized spacial score (nSPS) is 17.3. The van der Waals surface area contributed by atoms with Gasteiger partial charge in [0.1, 0.15) is 11.9 Å². The molecular weight excluding hydrogens is 272 g/mol. The van der Waals surface area contributed by atoms with Gasteiger partial charge in [0, 0.05) is 6.61 Å². The van der Waals surface area contributed by atoms with Crippen LogP contribution >= 0.6 is 0 Å². The highest BCUT2D eigenvalue weighted by molar-refractivity contribution is 5.96. The van der Waals surface area contributed by atoms with Crippen LogP contribution in [-0.2, 0) is 14.3 Å². The molecule has 1 aliphatic rings. The third kappa shape index (κ3) is 4.19. The van der Waals surface area contributed by atoms with Crippen LogP contribution in [0.4, 0.5) is 5.69 Å². The number of rotatable bonds is 5. The number of benzene rings is 1. The summed E-state index contributed by atoms with van der Waals surface area (Å²) in [7, 11) is 1.54. The Morgan fingerprint density at radius 1 is 1.43 bits per heavy atom. The molecule has 1 heterocycles. The quantitative estimate of drug-likeness (QED) is 0.856. The fourth-order valence-electron chi connectivity index (χ4n) is 2.18. The Kier molecular flexibility index (Phi) is 5.16. The van der Waals surface area contributed by atoms with E-state index in [9.17, 15) is 9.59 Å². The Balaban J connectivity index is 1.86. The van der Waals surface area contributed by atoms with Gasteiger partial charge in [-0.2, -0.15) is 0 Å². The molecule has 1 unspecified atom stereocenters. The average Bonchev–Trinajstić information content (AvgIpc) is 2.99. The Morgan fingerprint density at radius 3 is 2.90 bits per heavy atom. The van der Waals surface area contributed by atoms with Crippen molar-refractivity contribution in [2.24, 2.45) is 0 Å². The maximum absolute atomic E-state index is 11.9. The van der Waals surface area contributed by atoms with Crippen LogP contribution in [0.3, 0.4) is 0 Å². The number of carbonyl (C=O) groups is 2. The third-order valence-electron chi connectivity index (χ3n) is 3.27. The third-order valence-corrected chi connectivity index (χ3v) is 3.27. The number of anilines is 1. The lowest BCUT2D eigenvalue weighted by molar-refractivity contribution is -0.131. The minimum Gasteiger partial charge on any atom is -0.495 e. The van der Waals surface area contributed by atoms with Crippen molar-refractivity contribution >= 4 is 17.5 Å². The summed E-state index contributed by atoms with van der Waals surface area (Å²) >= 11 is 0. The van der Waals surface area contributed by atoms with E-state index in [1.165, 1.54) is 0 Å². The molecule has 1 atom stereocenters. The first-order valence-electron chi connectivity index (χ1n) is 6.94. The molecule has 0 saturated carbocycles. The molecule has 0 spiro atoms. The van der Waals surface area contributed by atoms with Crippen LogP contribution in [-0.4, -0.2) is 38.2 Å². The minimum atomic E-state index is -0.425. The molecule has 1 saturated heterocycles. The van der Waals surface area contributed by atoms with Gasteiger partial charge in [-0.1, -0.05) is 6.07 Å². The van der Waals surface area contributed by atoms with Gasteiger partial charge in [0.2, 0.25) is 11.8 Å². The van der Waals surface area contributed by atoms with Crippen LogP contribution < -0.4 is 15.4 Å². The van der Waals surface area contributed by atoms with E-state index in [0.717, 1.165) is 12.0 Å². The maximum Gasteiger partial charge on any atom is 0.249 e. The zero-order valence-electron chi connectivity index (χ0n) is 12.3. The fraction of sp³-hybridized carbons (Fsp3) is 0.467. The number of hydrogen-bond acceptors (Lipinski definition) is 4. The topological polar surface area (TPSA) is 76.7 Å². The highest BCUT2D eigenvalue weighted by Crippen LogP contribution is 2.24. The van der Waals surface area contributed by atoms with Gasteiger partial charge in [-0.15, -0.1) is 0 Å². The number of carbonyl (C=O) groups excluding carboxylic acids is 2. The van der Waals surface area contributed by atoms with Crippen LogP contribution in [0.5, 0.6) is 5.75 Å². The first-order valence-corrected chi connectivity index (χ1v) is 6.94. The van der Waals surface area contributed by atoms with Crippen molar-refractivity contribution in [1.29, 1.82) is 0 Å². The van der Waals surface area contributed by atoms with E-state index in [1.54, 1.807) is 13.2 Å². The molecular formula is C15H20N2O4. The van der Waals surface area contributed by atoms with Crippen molar-refractivity contribution in [3.63, 3.8) is 0 Å². The fourth-order valence-corrected chi connectivity index (χ4v) is 2.18. The summed E-state index contributed by atoms with van der Waals surface area (Å²) in [5.74, 6) is 0.0449. The lowest BCUT2D eigenvalue weighted by Crippen LogP contribution is -2.39. The number of aryl methyl sites for hydroxylation is 1. The zero-order valence-corrected chi connectivity index (χ0v) is 12.3. The molecule has 2 N–H and O–H groups in total. The predicted octanol–water partition coefficient (Wildman–Crippen LogP) is 1.24. The van der Waals surface area contributed by atoms with Crippen LogP contribution in [0.25, 0.3) is 0 Å². The van der Waals surface area contributed by atoms with Gasteiger partial charge in [-0.25, -0.2) is 0 Å². The molecule has 21 heavy (non-hydrogen) atoms. The Hall–Kier alpha value is -2.08. The molecule has 6 heteroatoms. The van der Waals surface area contributed by atoms with E-state index in [2.05, 4.69) is 10.6 Å². The van der Waals surface area contributed by atoms with E-state index in [4.69, 9.17) is 9.47 Å². The summed E-state index contributed by atoms with van der Waals surface area (Å²) in [5, 5.41) is 5.31. The SMILES string of the molecule is COc1ccc(C)cc1NC(=O)CNC(=O)C1CCCO1.